The molecule has 0 saturated carbocycles. The Morgan fingerprint density at radius 2 is 1.43 bits per heavy atom. The highest BCUT2D eigenvalue weighted by molar-refractivity contribution is 9.10. The third-order valence-electron chi connectivity index (χ3n) is 2.12. The smallest absolute Gasteiger partial charge is 0.264 e. The summed E-state index contributed by atoms with van der Waals surface area (Å²) in [4.78, 5) is -0.507. The van der Waals surface area contributed by atoms with Gasteiger partial charge in [-0.25, -0.2) is 17.2 Å². The van der Waals surface area contributed by atoms with E-state index in [-0.39, 0.29) is 11.5 Å². The number of nitrogens with two attached hydrogens (primary N) is 1. The van der Waals surface area contributed by atoms with Crippen molar-refractivity contribution in [2.45, 2.75) is 4.90 Å². The number of hydrogen-bond donors (Lipinski definition) is 1. The summed E-state index contributed by atoms with van der Waals surface area (Å²) < 4.78 is 47.8. The maximum absolute atomic E-state index is 12.9. The number of halogens is 5. The predicted molar refractivity (Wildman–Crippen MR) is 85.7 cm³/mol. The molecule has 0 aliphatic heterocycles. The minimum absolute atomic E-state index is 0.179. The van der Waals surface area contributed by atoms with Crippen LogP contribution in [0.25, 0.3) is 0 Å². The number of anilines is 1. The fourth-order valence-electron chi connectivity index (χ4n) is 1.17. The lowest BCUT2D eigenvalue weighted by Gasteiger charge is -1.97. The maximum atomic E-state index is 12.9. The first-order valence-electron chi connectivity index (χ1n) is 5.21. The van der Waals surface area contributed by atoms with Crippen LogP contribution >= 0.6 is 42.5 Å². The Morgan fingerprint density at radius 3 is 1.81 bits per heavy atom. The minimum Gasteiger partial charge on any atom is -0.396 e. The van der Waals surface area contributed by atoms with Gasteiger partial charge in [0.15, 0.2) is 0 Å². The van der Waals surface area contributed by atoms with Gasteiger partial charge in [-0.1, -0.05) is 31.9 Å². The first kappa shape index (κ1) is 18.3. The van der Waals surface area contributed by atoms with Gasteiger partial charge in [0, 0.05) is 19.6 Å². The summed E-state index contributed by atoms with van der Waals surface area (Å²) in [5.41, 5.74) is 5.37. The highest BCUT2D eigenvalue weighted by Gasteiger charge is 2.15. The van der Waals surface area contributed by atoms with E-state index in [1.54, 1.807) is 6.07 Å². The molecule has 21 heavy (non-hydrogen) atoms. The van der Waals surface area contributed by atoms with E-state index < -0.39 is 19.8 Å². The summed E-state index contributed by atoms with van der Waals surface area (Å²) in [7, 11) is 0.959. The molecule has 0 aromatic heterocycles. The Labute approximate surface area is 141 Å². The Bertz CT molecular complexity index is 757. The molecular formula is C12H8Br2ClF2NO2S. The maximum Gasteiger partial charge on any atom is 0.264 e. The van der Waals surface area contributed by atoms with Crippen LogP contribution in [0.1, 0.15) is 0 Å². The molecule has 0 saturated heterocycles. The average Bonchev–Trinajstić information content (AvgIpc) is 2.33. The van der Waals surface area contributed by atoms with Crippen molar-refractivity contribution in [3.05, 3.63) is 57.0 Å². The zero-order valence-electron chi connectivity index (χ0n) is 10.2. The monoisotopic (exact) mass is 461 g/mol. The molecule has 0 fully saturated rings. The molecule has 0 bridgehead atoms. The molecule has 2 rings (SSSR count). The van der Waals surface area contributed by atoms with Crippen LogP contribution < -0.4 is 5.73 Å². The van der Waals surface area contributed by atoms with E-state index in [0.717, 1.165) is 12.1 Å². The number of benzene rings is 2. The normalized spacial score (nSPS) is 10.7. The van der Waals surface area contributed by atoms with Gasteiger partial charge in [0.1, 0.15) is 16.5 Å². The van der Waals surface area contributed by atoms with Gasteiger partial charge in [0.05, 0.1) is 5.69 Å². The molecule has 0 radical (unpaired) electrons. The van der Waals surface area contributed by atoms with Crippen LogP contribution in [-0.2, 0) is 9.05 Å². The first-order chi connectivity index (χ1) is 9.61. The summed E-state index contributed by atoms with van der Waals surface area (Å²) in [6, 6.07) is 8.07. The summed E-state index contributed by atoms with van der Waals surface area (Å²) >= 11 is 6.09. The van der Waals surface area contributed by atoms with E-state index in [0.29, 0.717) is 8.95 Å². The second-order valence-electron chi connectivity index (χ2n) is 3.68. The average molecular weight is 464 g/mol. The van der Waals surface area contributed by atoms with Crippen molar-refractivity contribution in [1.82, 2.24) is 0 Å². The Morgan fingerprint density at radius 1 is 0.952 bits per heavy atom. The van der Waals surface area contributed by atoms with Gasteiger partial charge in [0.2, 0.25) is 0 Å². The van der Waals surface area contributed by atoms with Crippen molar-refractivity contribution >= 4 is 57.3 Å². The lowest BCUT2D eigenvalue weighted by molar-refractivity contribution is 0.575. The van der Waals surface area contributed by atoms with Crippen LogP contribution in [0.15, 0.2) is 50.2 Å². The van der Waals surface area contributed by atoms with Crippen LogP contribution in [0.3, 0.4) is 0 Å². The summed E-state index contributed by atoms with van der Waals surface area (Å²) in [5, 5.41) is 0. The molecule has 114 valence electrons. The summed E-state index contributed by atoms with van der Waals surface area (Å²) in [6.45, 7) is 0. The highest BCUT2D eigenvalue weighted by atomic mass is 79.9. The molecule has 9 heteroatoms. The quantitative estimate of drug-likeness (QED) is 0.493. The highest BCUT2D eigenvalue weighted by Crippen LogP contribution is 2.22. The van der Waals surface area contributed by atoms with Crippen LogP contribution in [0.4, 0.5) is 14.5 Å². The lowest BCUT2D eigenvalue weighted by Crippen LogP contribution is -1.94. The van der Waals surface area contributed by atoms with Crippen LogP contribution in [0.5, 0.6) is 0 Å². The molecule has 0 heterocycles. The first-order valence-corrected chi connectivity index (χ1v) is 9.11. The van der Waals surface area contributed by atoms with Gasteiger partial charge < -0.3 is 5.73 Å². The second-order valence-corrected chi connectivity index (χ2v) is 8.04. The SMILES string of the molecule is Nc1ccc(Br)cc1F.O=S(=O)(Cl)c1ccc(Br)cc1F. The second kappa shape index (κ2) is 7.53. The van der Waals surface area contributed by atoms with Crippen molar-refractivity contribution in [1.29, 1.82) is 0 Å². The van der Waals surface area contributed by atoms with Gasteiger partial charge >= 0.3 is 0 Å². The largest absolute Gasteiger partial charge is 0.396 e. The summed E-state index contributed by atoms with van der Waals surface area (Å²) in [6.07, 6.45) is 0. The Balaban J connectivity index is 0.000000219. The molecule has 0 spiro atoms. The van der Waals surface area contributed by atoms with E-state index in [2.05, 4.69) is 31.9 Å². The molecule has 0 unspecified atom stereocenters. The minimum atomic E-state index is -3.97. The molecule has 0 aliphatic carbocycles. The number of nitrogen functional groups attached to an aromatic ring is 1. The van der Waals surface area contributed by atoms with E-state index >= 15 is 0 Å². The van der Waals surface area contributed by atoms with Gasteiger partial charge in [0.25, 0.3) is 9.05 Å². The fraction of sp³-hybridized carbons (Fsp3) is 0. The molecule has 2 aromatic carbocycles. The Hall–Kier alpha value is -0.700. The van der Waals surface area contributed by atoms with Gasteiger partial charge in [-0.15, -0.1) is 0 Å². The molecule has 0 aliphatic rings. The van der Waals surface area contributed by atoms with Crippen molar-refractivity contribution in [2.75, 3.05) is 5.73 Å². The third kappa shape index (κ3) is 5.90. The van der Waals surface area contributed by atoms with Crippen molar-refractivity contribution < 1.29 is 17.2 Å². The zero-order chi connectivity index (χ0) is 16.2. The van der Waals surface area contributed by atoms with E-state index in [1.807, 2.05) is 0 Å². The van der Waals surface area contributed by atoms with E-state index in [4.69, 9.17) is 16.4 Å². The van der Waals surface area contributed by atoms with Gasteiger partial charge in [-0.05, 0) is 36.4 Å². The molecule has 0 atom stereocenters. The van der Waals surface area contributed by atoms with E-state index in [1.165, 1.54) is 18.2 Å². The summed E-state index contributed by atoms with van der Waals surface area (Å²) in [5.74, 6) is -1.25. The standard InChI is InChI=1S/C6H3BrClFO2S.C6H5BrFN/c7-4-1-2-6(5(9)3-4)12(8,10)11;7-4-1-2-6(9)5(8)3-4/h1-3H;1-3H,9H2. The predicted octanol–water partition coefficient (Wildman–Crippen LogP) is 4.69. The lowest BCUT2D eigenvalue weighted by atomic mass is 10.3. The topological polar surface area (TPSA) is 60.2 Å². The van der Waals surface area contributed by atoms with E-state index in [9.17, 15) is 17.2 Å². The number of hydrogen-bond acceptors (Lipinski definition) is 3. The molecular weight excluding hydrogens is 455 g/mol. The van der Waals surface area contributed by atoms with Crippen molar-refractivity contribution in [3.63, 3.8) is 0 Å². The van der Waals surface area contributed by atoms with Crippen LogP contribution in [0.2, 0.25) is 0 Å². The van der Waals surface area contributed by atoms with Gasteiger partial charge in [-0.2, -0.15) is 0 Å². The Kier molecular flexibility index (Phi) is 6.58. The zero-order valence-corrected chi connectivity index (χ0v) is 14.9. The number of rotatable bonds is 1. The third-order valence-corrected chi connectivity index (χ3v) is 4.46. The van der Waals surface area contributed by atoms with Crippen molar-refractivity contribution in [2.24, 2.45) is 0 Å². The van der Waals surface area contributed by atoms with Crippen LogP contribution in [0, 0.1) is 11.6 Å². The fourth-order valence-corrected chi connectivity index (χ4v) is 2.74. The molecule has 2 aromatic rings. The molecule has 0 amide bonds. The van der Waals surface area contributed by atoms with Crippen molar-refractivity contribution in [3.8, 4) is 0 Å². The van der Waals surface area contributed by atoms with Gasteiger partial charge in [-0.3, -0.25) is 0 Å². The molecule has 2 N–H and O–H groups in total. The van der Waals surface area contributed by atoms with Crippen LogP contribution in [-0.4, -0.2) is 8.42 Å². The molecule has 3 nitrogen and oxygen atoms in total.